The van der Waals surface area contributed by atoms with Crippen LogP contribution < -0.4 is 14.4 Å². The van der Waals surface area contributed by atoms with E-state index in [-0.39, 0.29) is 12.0 Å². The van der Waals surface area contributed by atoms with Crippen molar-refractivity contribution in [2.24, 2.45) is 0 Å². The van der Waals surface area contributed by atoms with Crippen LogP contribution in [0, 0.1) is 6.92 Å². The summed E-state index contributed by atoms with van der Waals surface area (Å²) in [5.74, 6) is 1.64. The minimum atomic E-state index is -0.0851. The Hall–Kier alpha value is -3.06. The first-order valence-electron chi connectivity index (χ1n) is 10.4. The number of amides is 1. The van der Waals surface area contributed by atoms with Crippen molar-refractivity contribution < 1.29 is 14.3 Å². The molecule has 0 spiro atoms. The van der Waals surface area contributed by atoms with Crippen LogP contribution in [0.15, 0.2) is 48.5 Å². The second-order valence-corrected chi connectivity index (χ2v) is 8.59. The number of aryl methyl sites for hydroxylation is 1. The van der Waals surface area contributed by atoms with Crippen molar-refractivity contribution in [3.63, 3.8) is 0 Å². The smallest absolute Gasteiger partial charge is 0.265 e. The van der Waals surface area contributed by atoms with E-state index in [9.17, 15) is 4.79 Å². The van der Waals surface area contributed by atoms with Gasteiger partial charge < -0.3 is 19.3 Å². The molecule has 4 rings (SSSR count). The highest BCUT2D eigenvalue weighted by atomic mass is 32.1. The summed E-state index contributed by atoms with van der Waals surface area (Å²) < 4.78 is 11.4. The Bertz CT molecular complexity index is 1060. The molecule has 1 aliphatic rings. The minimum absolute atomic E-state index is 0.0275. The molecule has 1 amide bonds. The summed E-state index contributed by atoms with van der Waals surface area (Å²) in [5.41, 5.74) is 2.83. The molecule has 7 heteroatoms. The number of para-hydroxylation sites is 2. The Morgan fingerprint density at radius 2 is 2.00 bits per heavy atom. The molecule has 2 heterocycles. The number of fused-ring (bicyclic) bond motifs is 1. The van der Waals surface area contributed by atoms with E-state index in [2.05, 4.69) is 22.9 Å². The topological polar surface area (TPSA) is 54.9 Å². The summed E-state index contributed by atoms with van der Waals surface area (Å²) in [6, 6.07) is 15.8. The fourth-order valence-corrected chi connectivity index (χ4v) is 4.85. The van der Waals surface area contributed by atoms with Crippen LogP contribution in [0.25, 0.3) is 10.6 Å². The second kappa shape index (κ2) is 8.98. The van der Waals surface area contributed by atoms with Gasteiger partial charge in [0.25, 0.3) is 5.91 Å². The lowest BCUT2D eigenvalue weighted by molar-refractivity contribution is 0.0713. The lowest BCUT2D eigenvalue weighted by Gasteiger charge is -2.37. The van der Waals surface area contributed by atoms with E-state index < -0.39 is 0 Å². The highest BCUT2D eigenvalue weighted by molar-refractivity contribution is 7.17. The third-order valence-corrected chi connectivity index (χ3v) is 6.65. The van der Waals surface area contributed by atoms with Gasteiger partial charge in [0.15, 0.2) is 0 Å². The van der Waals surface area contributed by atoms with Gasteiger partial charge in [-0.1, -0.05) is 12.1 Å². The largest absolute Gasteiger partial charge is 0.497 e. The predicted octanol–water partition coefficient (Wildman–Crippen LogP) is 4.49. The zero-order chi connectivity index (χ0) is 22.0. The number of thiazole rings is 1. The van der Waals surface area contributed by atoms with Crippen molar-refractivity contribution in [3.05, 3.63) is 59.1 Å². The maximum Gasteiger partial charge on any atom is 0.265 e. The van der Waals surface area contributed by atoms with Crippen LogP contribution in [0.4, 0.5) is 5.69 Å². The number of carbonyl (C=O) groups is 1. The molecule has 1 aromatic heterocycles. The molecule has 0 saturated carbocycles. The van der Waals surface area contributed by atoms with Crippen molar-refractivity contribution in [2.75, 3.05) is 38.7 Å². The van der Waals surface area contributed by atoms with Crippen LogP contribution >= 0.6 is 11.3 Å². The molecular formula is C24H27N3O3S. The van der Waals surface area contributed by atoms with Gasteiger partial charge >= 0.3 is 0 Å². The van der Waals surface area contributed by atoms with Crippen molar-refractivity contribution in [3.8, 4) is 22.1 Å². The van der Waals surface area contributed by atoms with Gasteiger partial charge in [0.2, 0.25) is 0 Å². The number of benzene rings is 2. The molecule has 1 aliphatic heterocycles. The predicted molar refractivity (Wildman–Crippen MR) is 125 cm³/mol. The van der Waals surface area contributed by atoms with Gasteiger partial charge in [0, 0.05) is 19.2 Å². The summed E-state index contributed by atoms with van der Waals surface area (Å²) in [6.07, 6.45) is -0.0851. The van der Waals surface area contributed by atoms with E-state index in [1.165, 1.54) is 11.3 Å². The zero-order valence-electron chi connectivity index (χ0n) is 18.3. The Kier molecular flexibility index (Phi) is 6.13. The number of hydrogen-bond acceptors (Lipinski definition) is 6. The molecule has 0 N–H and O–H groups in total. The summed E-state index contributed by atoms with van der Waals surface area (Å²) in [5, 5.41) is 0.830. The average molecular weight is 438 g/mol. The third kappa shape index (κ3) is 4.37. The maximum atomic E-state index is 13.2. The summed E-state index contributed by atoms with van der Waals surface area (Å²) in [4.78, 5) is 22.5. The monoisotopic (exact) mass is 437 g/mol. The summed E-state index contributed by atoms with van der Waals surface area (Å²) >= 11 is 1.42. The van der Waals surface area contributed by atoms with Gasteiger partial charge in [-0.15, -0.1) is 11.3 Å². The highest BCUT2D eigenvalue weighted by Crippen LogP contribution is 2.33. The van der Waals surface area contributed by atoms with Gasteiger partial charge in [0.1, 0.15) is 27.5 Å². The van der Waals surface area contributed by atoms with Crippen molar-refractivity contribution in [1.82, 2.24) is 9.88 Å². The first kappa shape index (κ1) is 21.2. The number of nitrogens with zero attached hydrogens (tertiary/aromatic N) is 3. The Balaban J connectivity index is 1.48. The van der Waals surface area contributed by atoms with E-state index in [0.29, 0.717) is 11.4 Å². The number of hydrogen-bond donors (Lipinski definition) is 0. The van der Waals surface area contributed by atoms with Crippen LogP contribution in [-0.2, 0) is 0 Å². The molecule has 6 nitrogen and oxygen atoms in total. The molecule has 1 atom stereocenters. The molecule has 1 unspecified atom stereocenters. The van der Waals surface area contributed by atoms with Crippen LogP contribution in [0.1, 0.15) is 22.3 Å². The molecule has 0 fully saturated rings. The van der Waals surface area contributed by atoms with Crippen LogP contribution in [0.5, 0.6) is 11.5 Å². The molecule has 3 aromatic rings. The molecule has 162 valence electrons. The molecular weight excluding hydrogens is 410 g/mol. The molecule has 0 bridgehead atoms. The van der Waals surface area contributed by atoms with E-state index in [4.69, 9.17) is 9.47 Å². The molecule has 0 radical (unpaired) electrons. The third-order valence-electron chi connectivity index (χ3n) is 5.46. The Labute approximate surface area is 187 Å². The number of aromatic nitrogens is 1. The fourth-order valence-electron chi connectivity index (χ4n) is 3.79. The number of likely N-dealkylation sites (N-methyl/N-ethyl adjacent to an activating group) is 2. The quantitative estimate of drug-likeness (QED) is 0.569. The summed E-state index contributed by atoms with van der Waals surface area (Å²) in [6.45, 7) is 6.18. The molecule has 0 saturated heterocycles. The second-order valence-electron chi connectivity index (χ2n) is 7.59. The maximum absolute atomic E-state index is 13.2. The van der Waals surface area contributed by atoms with E-state index >= 15 is 0 Å². The van der Waals surface area contributed by atoms with Crippen molar-refractivity contribution >= 4 is 22.9 Å². The lowest BCUT2D eigenvalue weighted by Crippen LogP contribution is -2.46. The first-order chi connectivity index (χ1) is 15.0. The number of anilines is 1. The number of carbonyl (C=O) groups excluding carboxylic acids is 1. The van der Waals surface area contributed by atoms with Gasteiger partial charge in [-0.3, -0.25) is 4.79 Å². The standard InChI is InChI=1S/C24H27N3O3S/c1-5-27-15-19(30-21-9-7-6-8-20(21)27)14-26(3)24(28)22-16(2)25-23(31-22)17-10-12-18(29-4)13-11-17/h6-13,19H,5,14-15H2,1-4H3. The van der Waals surface area contributed by atoms with Gasteiger partial charge in [-0.25, -0.2) is 4.98 Å². The normalized spacial score (nSPS) is 15.2. The zero-order valence-corrected chi connectivity index (χ0v) is 19.1. The lowest BCUT2D eigenvalue weighted by atomic mass is 10.2. The van der Waals surface area contributed by atoms with Gasteiger partial charge in [0.05, 0.1) is 31.6 Å². The van der Waals surface area contributed by atoms with E-state index in [1.807, 2.05) is 56.4 Å². The number of methoxy groups -OCH3 is 1. The van der Waals surface area contributed by atoms with Gasteiger partial charge in [-0.05, 0) is 50.2 Å². The summed E-state index contributed by atoms with van der Waals surface area (Å²) in [7, 11) is 3.47. The van der Waals surface area contributed by atoms with Crippen LogP contribution in [-0.4, -0.2) is 55.7 Å². The fraction of sp³-hybridized carbons (Fsp3) is 0.333. The van der Waals surface area contributed by atoms with Crippen molar-refractivity contribution in [2.45, 2.75) is 20.0 Å². The Morgan fingerprint density at radius 1 is 1.26 bits per heavy atom. The number of rotatable bonds is 6. The molecule has 0 aliphatic carbocycles. The minimum Gasteiger partial charge on any atom is -0.497 e. The number of ether oxygens (including phenoxy) is 2. The van der Waals surface area contributed by atoms with E-state index in [0.717, 1.165) is 46.5 Å². The first-order valence-corrected chi connectivity index (χ1v) is 11.2. The van der Waals surface area contributed by atoms with Crippen LogP contribution in [0.3, 0.4) is 0 Å². The average Bonchev–Trinajstić information content (AvgIpc) is 3.19. The SMILES string of the molecule is CCN1CC(CN(C)C(=O)c2sc(-c3ccc(OC)cc3)nc2C)Oc2ccccc21. The highest BCUT2D eigenvalue weighted by Gasteiger charge is 2.28. The van der Waals surface area contributed by atoms with Crippen molar-refractivity contribution in [1.29, 1.82) is 0 Å². The molecule has 2 aromatic carbocycles. The molecule has 31 heavy (non-hydrogen) atoms. The van der Waals surface area contributed by atoms with Gasteiger partial charge in [-0.2, -0.15) is 0 Å². The van der Waals surface area contributed by atoms with Crippen LogP contribution in [0.2, 0.25) is 0 Å². The van der Waals surface area contributed by atoms with E-state index in [1.54, 1.807) is 12.0 Å². The Morgan fingerprint density at radius 3 is 2.71 bits per heavy atom.